The van der Waals surface area contributed by atoms with E-state index in [9.17, 15) is 5.11 Å². The summed E-state index contributed by atoms with van der Waals surface area (Å²) >= 11 is 6.25. The lowest BCUT2D eigenvalue weighted by molar-refractivity contribution is 0.0734. The second-order valence-corrected chi connectivity index (χ2v) is 8.49. The lowest BCUT2D eigenvalue weighted by Crippen LogP contribution is -2.17. The molecule has 5 rings (SSSR count). The molecule has 2 aromatic carbocycles. The number of rotatable bonds is 4. The number of hydrogen-bond acceptors (Lipinski definition) is 7. The lowest BCUT2D eigenvalue weighted by Gasteiger charge is -2.21. The summed E-state index contributed by atoms with van der Waals surface area (Å²) in [5, 5.41) is 19.8. The number of aromatic nitrogens is 6. The van der Waals surface area contributed by atoms with Gasteiger partial charge < -0.3 is 10.0 Å². The van der Waals surface area contributed by atoms with Crippen molar-refractivity contribution in [2.24, 2.45) is 0 Å². The van der Waals surface area contributed by atoms with E-state index in [0.717, 1.165) is 28.0 Å². The third kappa shape index (κ3) is 3.53. The lowest BCUT2D eigenvalue weighted by atomic mass is 10.1. The van der Waals surface area contributed by atoms with Gasteiger partial charge >= 0.3 is 0 Å². The van der Waals surface area contributed by atoms with E-state index in [-0.39, 0.29) is 0 Å². The highest BCUT2D eigenvalue weighted by Crippen LogP contribution is 2.33. The van der Waals surface area contributed by atoms with E-state index in [1.807, 2.05) is 58.8 Å². The van der Waals surface area contributed by atoms with Crippen molar-refractivity contribution in [2.45, 2.75) is 19.4 Å². The maximum Gasteiger partial charge on any atom is 0.257 e. The fraction of sp³-hybridized carbons (Fsp3) is 0.174. The highest BCUT2D eigenvalue weighted by molar-refractivity contribution is 6.31. The van der Waals surface area contributed by atoms with Crippen molar-refractivity contribution in [2.75, 3.05) is 11.9 Å². The van der Waals surface area contributed by atoms with Crippen molar-refractivity contribution >= 4 is 39.8 Å². The molecule has 3 heterocycles. The summed E-state index contributed by atoms with van der Waals surface area (Å²) in [6.45, 7) is 3.37. The summed E-state index contributed by atoms with van der Waals surface area (Å²) < 4.78 is 1.81. The van der Waals surface area contributed by atoms with Gasteiger partial charge in [0.05, 0.1) is 29.3 Å². The van der Waals surface area contributed by atoms with Crippen LogP contribution >= 0.6 is 11.6 Å². The molecule has 3 aromatic heterocycles. The molecule has 0 spiro atoms. The molecule has 32 heavy (non-hydrogen) atoms. The van der Waals surface area contributed by atoms with Crippen LogP contribution in [0.5, 0.6) is 0 Å². The maximum absolute atomic E-state index is 10.1. The van der Waals surface area contributed by atoms with Crippen LogP contribution in [0.25, 0.3) is 27.9 Å². The summed E-state index contributed by atoms with van der Waals surface area (Å²) in [6, 6.07) is 13.6. The summed E-state index contributed by atoms with van der Waals surface area (Å²) in [6.07, 6.45) is 4.90. The minimum atomic E-state index is -1.04. The van der Waals surface area contributed by atoms with E-state index in [4.69, 9.17) is 16.6 Å². The molecular weight excluding hydrogens is 426 g/mol. The van der Waals surface area contributed by atoms with Gasteiger partial charge in [-0.2, -0.15) is 4.98 Å². The molecule has 9 heteroatoms. The van der Waals surface area contributed by atoms with E-state index in [1.54, 1.807) is 32.6 Å². The van der Waals surface area contributed by atoms with Gasteiger partial charge in [-0.25, -0.2) is 0 Å². The predicted octanol–water partition coefficient (Wildman–Crippen LogP) is 4.38. The van der Waals surface area contributed by atoms with Gasteiger partial charge in [0.25, 0.3) is 5.78 Å². The Labute approximate surface area is 189 Å². The molecule has 0 radical (unpaired) electrons. The SMILES string of the molecule is CN(c1cccc(-c2cnc(C(C)(C)O)cn2)c1)c1nc2nncn2c2cc(Cl)ccc12. The molecule has 0 aliphatic carbocycles. The van der Waals surface area contributed by atoms with Crippen LogP contribution in [-0.4, -0.2) is 41.7 Å². The Bertz CT molecular complexity index is 1440. The van der Waals surface area contributed by atoms with Crippen molar-refractivity contribution in [3.05, 3.63) is 71.9 Å². The van der Waals surface area contributed by atoms with Crippen molar-refractivity contribution in [1.82, 2.24) is 29.5 Å². The fourth-order valence-electron chi connectivity index (χ4n) is 3.57. The molecule has 0 saturated heterocycles. The number of nitrogens with zero attached hydrogens (tertiary/aromatic N) is 7. The summed E-state index contributed by atoms with van der Waals surface area (Å²) in [4.78, 5) is 15.6. The van der Waals surface area contributed by atoms with Crippen LogP contribution in [0.4, 0.5) is 11.5 Å². The molecule has 1 N–H and O–H groups in total. The van der Waals surface area contributed by atoms with Crippen molar-refractivity contribution in [1.29, 1.82) is 0 Å². The first-order valence-corrected chi connectivity index (χ1v) is 10.4. The number of benzene rings is 2. The molecule has 0 saturated carbocycles. The zero-order valence-corrected chi connectivity index (χ0v) is 18.5. The second kappa shape index (κ2) is 7.51. The molecule has 0 fully saturated rings. The van der Waals surface area contributed by atoms with E-state index >= 15 is 0 Å². The molecule has 0 aliphatic rings. The molecular formula is C23H20ClN7O. The Morgan fingerprint density at radius 2 is 1.91 bits per heavy atom. The quantitative estimate of drug-likeness (QED) is 0.438. The highest BCUT2D eigenvalue weighted by atomic mass is 35.5. The Balaban J connectivity index is 1.58. The minimum Gasteiger partial charge on any atom is -0.384 e. The van der Waals surface area contributed by atoms with E-state index in [2.05, 4.69) is 20.2 Å². The predicted molar refractivity (Wildman–Crippen MR) is 124 cm³/mol. The van der Waals surface area contributed by atoms with Crippen LogP contribution in [0.2, 0.25) is 5.02 Å². The Morgan fingerprint density at radius 1 is 1.06 bits per heavy atom. The van der Waals surface area contributed by atoms with Gasteiger partial charge in [-0.3, -0.25) is 14.4 Å². The van der Waals surface area contributed by atoms with Crippen molar-refractivity contribution in [3.8, 4) is 11.3 Å². The summed E-state index contributed by atoms with van der Waals surface area (Å²) in [5.74, 6) is 1.23. The van der Waals surface area contributed by atoms with Gasteiger partial charge in [0, 0.05) is 28.7 Å². The van der Waals surface area contributed by atoms with Crippen LogP contribution in [-0.2, 0) is 5.60 Å². The van der Waals surface area contributed by atoms with E-state index in [0.29, 0.717) is 22.2 Å². The monoisotopic (exact) mass is 445 g/mol. The smallest absolute Gasteiger partial charge is 0.257 e. The average molecular weight is 446 g/mol. The van der Waals surface area contributed by atoms with Crippen LogP contribution < -0.4 is 4.90 Å². The topological polar surface area (TPSA) is 92.3 Å². The van der Waals surface area contributed by atoms with Gasteiger partial charge in [-0.05, 0) is 44.2 Å². The van der Waals surface area contributed by atoms with Crippen molar-refractivity contribution < 1.29 is 5.11 Å². The molecule has 8 nitrogen and oxygen atoms in total. The zero-order valence-electron chi connectivity index (χ0n) is 17.7. The largest absolute Gasteiger partial charge is 0.384 e. The van der Waals surface area contributed by atoms with Crippen LogP contribution in [0.3, 0.4) is 0 Å². The minimum absolute atomic E-state index is 0.492. The number of anilines is 2. The van der Waals surface area contributed by atoms with Crippen LogP contribution in [0.1, 0.15) is 19.5 Å². The highest BCUT2D eigenvalue weighted by Gasteiger charge is 2.19. The normalized spacial score (nSPS) is 11.9. The molecule has 0 aliphatic heterocycles. The number of fused-ring (bicyclic) bond motifs is 3. The van der Waals surface area contributed by atoms with Gasteiger partial charge in [0.2, 0.25) is 0 Å². The van der Waals surface area contributed by atoms with Gasteiger partial charge in [0.15, 0.2) is 0 Å². The van der Waals surface area contributed by atoms with Crippen molar-refractivity contribution in [3.63, 3.8) is 0 Å². The fourth-order valence-corrected chi connectivity index (χ4v) is 3.73. The Hall–Kier alpha value is -3.62. The third-order valence-electron chi connectivity index (χ3n) is 5.32. The summed E-state index contributed by atoms with van der Waals surface area (Å²) in [5.41, 5.74) is 2.89. The molecule has 0 amide bonds. The van der Waals surface area contributed by atoms with Crippen LogP contribution in [0.15, 0.2) is 61.2 Å². The molecule has 5 aromatic rings. The maximum atomic E-state index is 10.1. The number of halogens is 1. The third-order valence-corrected chi connectivity index (χ3v) is 5.56. The Kier molecular flexibility index (Phi) is 4.76. The summed E-state index contributed by atoms with van der Waals surface area (Å²) in [7, 11) is 1.95. The molecule has 0 unspecified atom stereocenters. The first kappa shape index (κ1) is 20.3. The van der Waals surface area contributed by atoms with E-state index in [1.165, 1.54) is 0 Å². The zero-order chi connectivity index (χ0) is 22.5. The van der Waals surface area contributed by atoms with Gasteiger partial charge in [-0.15, -0.1) is 10.2 Å². The number of aliphatic hydroxyl groups is 1. The molecule has 0 bridgehead atoms. The first-order chi connectivity index (χ1) is 15.3. The van der Waals surface area contributed by atoms with Gasteiger partial charge in [-0.1, -0.05) is 23.7 Å². The van der Waals surface area contributed by atoms with Gasteiger partial charge in [0.1, 0.15) is 17.7 Å². The Morgan fingerprint density at radius 3 is 2.66 bits per heavy atom. The molecule has 0 atom stereocenters. The molecule has 160 valence electrons. The van der Waals surface area contributed by atoms with E-state index < -0.39 is 5.60 Å². The standard InChI is InChI=1S/C23H20ClN7O/c1-23(2,32)20-12-25-18(11-26-20)14-5-4-6-16(9-14)30(3)21-17-8-7-15(24)10-19(17)31-13-27-29-22(31)28-21/h4-13,32H,1-3H3. The number of hydrogen-bond donors (Lipinski definition) is 1. The second-order valence-electron chi connectivity index (χ2n) is 8.05. The van der Waals surface area contributed by atoms with Crippen LogP contribution in [0, 0.1) is 0 Å². The average Bonchev–Trinajstić information content (AvgIpc) is 3.26. The first-order valence-electron chi connectivity index (χ1n) is 9.99.